The van der Waals surface area contributed by atoms with Gasteiger partial charge in [-0.2, -0.15) is 0 Å². The Bertz CT molecular complexity index is 1060. The molecule has 1 aliphatic carbocycles. The number of benzene rings is 1. The Morgan fingerprint density at radius 1 is 1.14 bits per heavy atom. The second-order valence-corrected chi connectivity index (χ2v) is 12.7. The minimum atomic E-state index is -0.272. The summed E-state index contributed by atoms with van der Waals surface area (Å²) in [6.45, 7) is 15.2. The van der Waals surface area contributed by atoms with E-state index in [-0.39, 0.29) is 32.9 Å². The van der Waals surface area contributed by atoms with E-state index in [4.69, 9.17) is 0 Å². The van der Waals surface area contributed by atoms with E-state index in [2.05, 4.69) is 77.6 Å². The van der Waals surface area contributed by atoms with Crippen molar-refractivity contribution in [3.8, 4) is 0 Å². The number of aldehydes is 1. The Balaban J connectivity index is 2.03. The predicted octanol–water partition coefficient (Wildman–Crippen LogP) is 5.79. The molecule has 0 spiro atoms. The van der Waals surface area contributed by atoms with Crippen LogP contribution in [0.3, 0.4) is 0 Å². The van der Waals surface area contributed by atoms with E-state index in [1.54, 1.807) is 0 Å². The average Bonchev–Trinajstić information content (AvgIpc) is 2.88. The molecule has 0 N–H and O–H groups in total. The Kier molecular flexibility index (Phi) is 13.1. The first-order valence-electron chi connectivity index (χ1n) is 13.1. The van der Waals surface area contributed by atoms with Crippen molar-refractivity contribution < 1.29 is 30.8 Å². The van der Waals surface area contributed by atoms with Crippen LogP contribution >= 0.6 is 0 Å². The Hall–Kier alpha value is -2.27. The fourth-order valence-corrected chi connectivity index (χ4v) is 6.85. The summed E-state index contributed by atoms with van der Waals surface area (Å²) in [5.74, 6) is 0.937. The molecule has 2 rings (SSSR count). The molecule has 2 nitrogen and oxygen atoms in total. The molecule has 0 aromatic heterocycles. The average molecular weight is 598 g/mol. The van der Waals surface area contributed by atoms with Gasteiger partial charge in [-0.15, -0.1) is 0 Å². The van der Waals surface area contributed by atoms with Crippen LogP contribution in [0, 0.1) is 15.4 Å². The van der Waals surface area contributed by atoms with Gasteiger partial charge >= 0.3 is 198 Å². The third-order valence-electron chi connectivity index (χ3n) is 6.72. The number of halogens is 1. The van der Waals surface area contributed by atoms with Crippen molar-refractivity contribution in [1.82, 2.24) is 0 Å². The van der Waals surface area contributed by atoms with Crippen molar-refractivity contribution in [3.05, 3.63) is 102 Å². The molecular weight excluding hydrogens is 555 g/mol. The van der Waals surface area contributed by atoms with E-state index in [1.165, 1.54) is 31.1 Å². The van der Waals surface area contributed by atoms with E-state index in [0.717, 1.165) is 42.3 Å². The predicted molar refractivity (Wildman–Crippen MR) is 149 cm³/mol. The van der Waals surface area contributed by atoms with E-state index in [0.29, 0.717) is 12.3 Å². The topological polar surface area (TPSA) is 34.1 Å². The van der Waals surface area contributed by atoms with Crippen LogP contribution in [0.15, 0.2) is 93.2 Å². The SMILES string of the molecule is C=C1C(C(=O)CCCC(C)CCC)=CC=CC1C(=C\C)/C(C)=C/C/C(=C/C)[I-]c1ccc(C=O)cc1. The van der Waals surface area contributed by atoms with Gasteiger partial charge in [-0.05, 0) is 5.92 Å². The second-order valence-electron chi connectivity index (χ2n) is 9.51. The molecule has 0 amide bonds. The van der Waals surface area contributed by atoms with E-state index in [1.807, 2.05) is 24.3 Å². The molecule has 194 valence electrons. The molecule has 0 saturated heterocycles. The summed E-state index contributed by atoms with van der Waals surface area (Å²) >= 11 is -0.272. The maximum absolute atomic E-state index is 13.0. The standard InChI is InChI=1S/C33H42IO2/c1-7-12-24(4)13-10-16-33(36)32-15-11-14-31(26(32)6)30(9-3)25(5)17-20-28(8-2)34-29-21-18-27(23-35)19-22-29/h8-9,11,14-15,17-19,21-24,31H,6-7,10,12-13,16,20H2,1-5H3/q-1/b25-17+,28-8-,30-9-. The van der Waals surface area contributed by atoms with Crippen LogP contribution in [-0.4, -0.2) is 12.1 Å². The zero-order valence-electron chi connectivity index (χ0n) is 22.6. The van der Waals surface area contributed by atoms with Gasteiger partial charge in [-0.25, -0.2) is 0 Å². The summed E-state index contributed by atoms with van der Waals surface area (Å²) < 4.78 is 2.75. The zero-order chi connectivity index (χ0) is 26.5. The number of Topliss-reactive ketones (excluding diaryl/α,β-unsaturated/α-hetero) is 1. The van der Waals surface area contributed by atoms with Gasteiger partial charge in [-0.1, -0.05) is 26.7 Å². The Labute approximate surface area is 229 Å². The Morgan fingerprint density at radius 2 is 1.86 bits per heavy atom. The number of hydrogen-bond donors (Lipinski definition) is 0. The van der Waals surface area contributed by atoms with Gasteiger partial charge in [0.1, 0.15) is 0 Å². The number of carbonyl (C=O) groups excluding carboxylic acids is 2. The van der Waals surface area contributed by atoms with Crippen molar-refractivity contribution in [1.29, 1.82) is 0 Å². The molecule has 0 saturated carbocycles. The van der Waals surface area contributed by atoms with Gasteiger partial charge in [0.05, 0.1) is 0 Å². The summed E-state index contributed by atoms with van der Waals surface area (Å²) in [5, 5.41) is 0. The van der Waals surface area contributed by atoms with E-state index >= 15 is 0 Å². The van der Waals surface area contributed by atoms with Crippen molar-refractivity contribution in [2.75, 3.05) is 0 Å². The van der Waals surface area contributed by atoms with Gasteiger partial charge in [0, 0.05) is 0 Å². The zero-order valence-corrected chi connectivity index (χ0v) is 24.8. The molecule has 1 aromatic rings. The van der Waals surface area contributed by atoms with Gasteiger partial charge in [-0.3, -0.25) is 0 Å². The van der Waals surface area contributed by atoms with Crippen LogP contribution in [0.2, 0.25) is 0 Å². The van der Waals surface area contributed by atoms with Crippen molar-refractivity contribution >= 4 is 12.1 Å². The van der Waals surface area contributed by atoms with Crippen molar-refractivity contribution in [2.45, 2.75) is 73.1 Å². The molecule has 1 aliphatic rings. The van der Waals surface area contributed by atoms with Crippen LogP contribution in [-0.2, 0) is 4.79 Å². The molecule has 36 heavy (non-hydrogen) atoms. The number of allylic oxidation sites excluding steroid dienone is 11. The summed E-state index contributed by atoms with van der Waals surface area (Å²) in [5.41, 5.74) is 4.87. The molecule has 2 atom stereocenters. The van der Waals surface area contributed by atoms with Gasteiger partial charge in [0.25, 0.3) is 0 Å². The van der Waals surface area contributed by atoms with Crippen LogP contribution < -0.4 is 21.2 Å². The first-order valence-corrected chi connectivity index (χ1v) is 15.3. The summed E-state index contributed by atoms with van der Waals surface area (Å²) in [6.07, 6.45) is 19.7. The van der Waals surface area contributed by atoms with E-state index in [9.17, 15) is 9.59 Å². The molecule has 1 aromatic carbocycles. The monoisotopic (exact) mass is 597 g/mol. The van der Waals surface area contributed by atoms with E-state index < -0.39 is 0 Å². The number of ketones is 1. The van der Waals surface area contributed by atoms with Crippen LogP contribution in [0.25, 0.3) is 0 Å². The molecule has 0 heterocycles. The quantitative estimate of drug-likeness (QED) is 0.155. The minimum absolute atomic E-state index is 0.0360. The van der Waals surface area contributed by atoms with Gasteiger partial charge < -0.3 is 0 Å². The van der Waals surface area contributed by atoms with Crippen molar-refractivity contribution in [2.24, 2.45) is 11.8 Å². The number of hydrogen-bond acceptors (Lipinski definition) is 2. The molecule has 0 fully saturated rings. The molecule has 3 heteroatoms. The third-order valence-corrected chi connectivity index (χ3v) is 9.82. The maximum atomic E-state index is 13.0. The first kappa shape index (κ1) is 30.0. The normalized spacial score (nSPS) is 17.8. The Morgan fingerprint density at radius 3 is 2.47 bits per heavy atom. The summed E-state index contributed by atoms with van der Waals surface area (Å²) in [7, 11) is 0. The summed E-state index contributed by atoms with van der Waals surface area (Å²) in [4.78, 5) is 23.9. The number of rotatable bonds is 14. The van der Waals surface area contributed by atoms with Crippen LogP contribution in [0.4, 0.5) is 0 Å². The second kappa shape index (κ2) is 15.8. The van der Waals surface area contributed by atoms with Gasteiger partial charge in [0.2, 0.25) is 0 Å². The molecule has 0 aliphatic heterocycles. The fraction of sp³-hybridized carbons (Fsp3) is 0.394. The molecule has 0 radical (unpaired) electrons. The van der Waals surface area contributed by atoms with Crippen LogP contribution in [0.1, 0.15) is 83.5 Å². The molecule has 0 bridgehead atoms. The number of carbonyl (C=O) groups is 2. The third kappa shape index (κ3) is 8.99. The fourth-order valence-electron chi connectivity index (χ4n) is 4.58. The van der Waals surface area contributed by atoms with Gasteiger partial charge in [0.15, 0.2) is 0 Å². The molecule has 2 unspecified atom stereocenters. The summed E-state index contributed by atoms with van der Waals surface area (Å²) in [6, 6.07) is 7.93. The van der Waals surface area contributed by atoms with Crippen LogP contribution in [0.5, 0.6) is 0 Å². The van der Waals surface area contributed by atoms with Crippen molar-refractivity contribution in [3.63, 3.8) is 0 Å². The first-order chi connectivity index (χ1) is 17.3. The molecular formula is C33H42IO2-.